The molecule has 0 aliphatic carbocycles. The van der Waals surface area contributed by atoms with E-state index in [9.17, 15) is 10.1 Å². The SMILES string of the molecule is C=CC(=O)N1CC[C@@H]2[C@H]1CN2c1c(C#N)c(OCC23CCCN2CCC3)nc2cc(-c3cccc4cccc(Cl)c34)ccc12. The Hall–Kier alpha value is -4.12. The summed E-state index contributed by atoms with van der Waals surface area (Å²) in [6.45, 7) is 7.80. The summed E-state index contributed by atoms with van der Waals surface area (Å²) in [6.07, 6.45) is 6.83. The van der Waals surface area contributed by atoms with Crippen LogP contribution in [0, 0.1) is 11.3 Å². The Morgan fingerprint density at radius 3 is 2.68 bits per heavy atom. The third kappa shape index (κ3) is 4.12. The van der Waals surface area contributed by atoms with E-state index < -0.39 is 0 Å². The minimum atomic E-state index is -0.0309. The number of pyridine rings is 1. The predicted octanol–water partition coefficient (Wildman–Crippen LogP) is 6.56. The van der Waals surface area contributed by atoms with Crippen LogP contribution >= 0.6 is 11.6 Å². The van der Waals surface area contributed by atoms with Crippen molar-refractivity contribution in [3.8, 4) is 23.1 Å². The summed E-state index contributed by atoms with van der Waals surface area (Å²) in [4.78, 5) is 24.3. The van der Waals surface area contributed by atoms with Gasteiger partial charge in [0.15, 0.2) is 0 Å². The molecule has 0 N–H and O–H groups in total. The number of likely N-dealkylation sites (tertiary alicyclic amines) is 1. The number of amides is 1. The van der Waals surface area contributed by atoms with Crippen molar-refractivity contribution < 1.29 is 9.53 Å². The van der Waals surface area contributed by atoms with E-state index in [1.807, 2.05) is 17.0 Å². The average Bonchev–Trinajstić information content (AvgIpc) is 3.71. The summed E-state index contributed by atoms with van der Waals surface area (Å²) < 4.78 is 6.61. The molecule has 0 unspecified atom stereocenters. The molecule has 44 heavy (non-hydrogen) atoms. The Balaban J connectivity index is 1.25. The summed E-state index contributed by atoms with van der Waals surface area (Å²) in [5.74, 6) is 0.369. The normalized spacial score (nSPS) is 22.1. The second kappa shape index (κ2) is 10.5. The molecule has 0 radical (unpaired) electrons. The van der Waals surface area contributed by atoms with Gasteiger partial charge in [-0.25, -0.2) is 4.98 Å². The smallest absolute Gasteiger partial charge is 0.246 e. The molecule has 4 saturated heterocycles. The lowest BCUT2D eigenvalue weighted by atomic mass is 9.92. The summed E-state index contributed by atoms with van der Waals surface area (Å²) in [5.41, 5.74) is 4.19. The molecule has 4 aliphatic rings. The lowest BCUT2D eigenvalue weighted by molar-refractivity contribution is -0.127. The Morgan fingerprint density at radius 2 is 1.91 bits per heavy atom. The zero-order chi connectivity index (χ0) is 30.0. The number of anilines is 1. The minimum absolute atomic E-state index is 0.0309. The third-order valence-corrected chi connectivity index (χ3v) is 10.8. The van der Waals surface area contributed by atoms with Gasteiger partial charge in [-0.2, -0.15) is 5.26 Å². The van der Waals surface area contributed by atoms with Crippen molar-refractivity contribution in [2.75, 3.05) is 37.7 Å². The van der Waals surface area contributed by atoms with Gasteiger partial charge in [-0.3, -0.25) is 9.69 Å². The number of fused-ring (bicyclic) bond motifs is 4. The number of aromatic nitrogens is 1. The Bertz CT molecular complexity index is 1870. The Labute approximate surface area is 262 Å². The second-order valence-electron chi connectivity index (χ2n) is 12.6. The van der Waals surface area contributed by atoms with E-state index in [0.717, 1.165) is 70.8 Å². The van der Waals surface area contributed by atoms with Gasteiger partial charge in [0.05, 0.1) is 28.8 Å². The number of hydrogen-bond acceptors (Lipinski definition) is 6. The molecule has 1 aromatic heterocycles. The number of rotatable bonds is 6. The van der Waals surface area contributed by atoms with Crippen molar-refractivity contribution in [1.29, 1.82) is 5.26 Å². The molecule has 1 amide bonds. The first-order chi connectivity index (χ1) is 21.5. The molecular formula is C36H34ClN5O2. The molecule has 4 aromatic rings. The lowest BCUT2D eigenvalue weighted by Crippen LogP contribution is -2.63. The van der Waals surface area contributed by atoms with E-state index in [0.29, 0.717) is 36.2 Å². The zero-order valence-corrected chi connectivity index (χ0v) is 25.4. The molecule has 3 aromatic carbocycles. The number of hydrogen-bond donors (Lipinski definition) is 0. The van der Waals surface area contributed by atoms with Gasteiger partial charge in [-0.1, -0.05) is 60.6 Å². The van der Waals surface area contributed by atoms with E-state index in [2.05, 4.69) is 64.9 Å². The van der Waals surface area contributed by atoms with Crippen LogP contribution in [0.1, 0.15) is 37.7 Å². The second-order valence-corrected chi connectivity index (χ2v) is 13.1. The molecule has 0 saturated carbocycles. The van der Waals surface area contributed by atoms with Crippen LogP contribution in [0.15, 0.2) is 67.3 Å². The van der Waals surface area contributed by atoms with Gasteiger partial charge < -0.3 is 14.5 Å². The number of carbonyl (C=O) groups is 1. The monoisotopic (exact) mass is 603 g/mol. The minimum Gasteiger partial charge on any atom is -0.475 e. The number of benzene rings is 3. The van der Waals surface area contributed by atoms with Crippen molar-refractivity contribution in [3.63, 3.8) is 0 Å². The zero-order valence-electron chi connectivity index (χ0n) is 24.6. The number of ether oxygens (including phenoxy) is 1. The Morgan fingerprint density at radius 1 is 1.11 bits per heavy atom. The van der Waals surface area contributed by atoms with Gasteiger partial charge in [0.2, 0.25) is 11.8 Å². The standard InChI is InChI=1S/C36H34ClN5O2/c1-2-32(43)41-18-13-30-31(41)21-42(30)34-26-12-11-24(25-9-3-7-23-8-4-10-28(37)33(23)25)19-29(26)39-35(27(34)20-38)44-22-36-14-5-16-40(36)17-6-15-36/h2-4,7-12,19,30-31H,1,5-6,13-18,21-22H2/t30-,31-/m1/s1. The van der Waals surface area contributed by atoms with Crippen LogP contribution in [0.25, 0.3) is 32.8 Å². The van der Waals surface area contributed by atoms with Crippen LogP contribution in [0.3, 0.4) is 0 Å². The van der Waals surface area contributed by atoms with Crippen LogP contribution < -0.4 is 9.64 Å². The third-order valence-electron chi connectivity index (χ3n) is 10.5. The van der Waals surface area contributed by atoms with Crippen LogP contribution in [0.5, 0.6) is 5.88 Å². The summed E-state index contributed by atoms with van der Waals surface area (Å²) in [7, 11) is 0. The predicted molar refractivity (Wildman–Crippen MR) is 174 cm³/mol. The van der Waals surface area contributed by atoms with Gasteiger partial charge in [0.25, 0.3) is 0 Å². The summed E-state index contributed by atoms with van der Waals surface area (Å²) in [6, 6.07) is 21.2. The van der Waals surface area contributed by atoms with Crippen molar-refractivity contribution in [2.45, 2.75) is 49.7 Å². The van der Waals surface area contributed by atoms with Gasteiger partial charge in [-0.15, -0.1) is 0 Å². The average molecular weight is 604 g/mol. The molecule has 2 atom stereocenters. The van der Waals surface area contributed by atoms with E-state index in [4.69, 9.17) is 21.3 Å². The van der Waals surface area contributed by atoms with Crippen LogP contribution in [-0.4, -0.2) is 71.1 Å². The maximum Gasteiger partial charge on any atom is 0.246 e. The first-order valence-electron chi connectivity index (χ1n) is 15.6. The van der Waals surface area contributed by atoms with Crippen molar-refractivity contribution in [1.82, 2.24) is 14.8 Å². The molecule has 4 aliphatic heterocycles. The molecular weight excluding hydrogens is 570 g/mol. The molecule has 0 spiro atoms. The number of halogens is 1. The van der Waals surface area contributed by atoms with Crippen LogP contribution in [0.4, 0.5) is 5.69 Å². The van der Waals surface area contributed by atoms with E-state index in [-0.39, 0.29) is 23.5 Å². The molecule has 5 heterocycles. The number of nitrogens with zero attached hydrogens (tertiary/aromatic N) is 5. The number of nitriles is 1. The van der Waals surface area contributed by atoms with Crippen molar-refractivity contribution in [3.05, 3.63) is 77.8 Å². The van der Waals surface area contributed by atoms with Gasteiger partial charge >= 0.3 is 0 Å². The summed E-state index contributed by atoms with van der Waals surface area (Å²) in [5, 5.41) is 14.3. The van der Waals surface area contributed by atoms with E-state index in [1.54, 1.807) is 0 Å². The maximum absolute atomic E-state index is 12.5. The van der Waals surface area contributed by atoms with E-state index >= 15 is 0 Å². The molecule has 7 nitrogen and oxygen atoms in total. The highest BCUT2D eigenvalue weighted by atomic mass is 35.5. The van der Waals surface area contributed by atoms with Gasteiger partial charge in [-0.05, 0) is 79.9 Å². The Kier molecular flexibility index (Phi) is 6.55. The van der Waals surface area contributed by atoms with Gasteiger partial charge in [0, 0.05) is 28.9 Å². The highest BCUT2D eigenvalue weighted by molar-refractivity contribution is 6.36. The molecule has 8 heteroatoms. The fourth-order valence-corrected chi connectivity index (χ4v) is 8.65. The summed E-state index contributed by atoms with van der Waals surface area (Å²) >= 11 is 6.72. The molecule has 8 rings (SSSR count). The molecule has 0 bridgehead atoms. The highest BCUT2D eigenvalue weighted by Gasteiger charge is 2.50. The fourth-order valence-electron chi connectivity index (χ4n) is 8.36. The first-order valence-corrected chi connectivity index (χ1v) is 16.0. The van der Waals surface area contributed by atoms with Crippen molar-refractivity contribution in [2.24, 2.45) is 0 Å². The lowest BCUT2D eigenvalue weighted by Gasteiger charge is -2.48. The largest absolute Gasteiger partial charge is 0.475 e. The number of carbonyl (C=O) groups excluding carboxylic acids is 1. The van der Waals surface area contributed by atoms with Crippen LogP contribution in [-0.2, 0) is 4.79 Å². The highest BCUT2D eigenvalue weighted by Crippen LogP contribution is 2.46. The van der Waals surface area contributed by atoms with Gasteiger partial charge in [0.1, 0.15) is 18.2 Å². The fraction of sp³-hybridized carbons (Fsp3) is 0.361. The maximum atomic E-state index is 12.5. The molecule has 222 valence electrons. The topological polar surface area (TPSA) is 72.7 Å². The van der Waals surface area contributed by atoms with E-state index in [1.165, 1.54) is 18.9 Å². The van der Waals surface area contributed by atoms with Crippen molar-refractivity contribution >= 4 is 44.9 Å². The first kappa shape index (κ1) is 27.4. The molecule has 4 fully saturated rings. The van der Waals surface area contributed by atoms with Crippen LogP contribution in [0.2, 0.25) is 5.02 Å². The quantitative estimate of drug-likeness (QED) is 0.232.